The number of aryl methyl sites for hydroxylation is 1. The normalized spacial score (nSPS) is 11.5. The van der Waals surface area contributed by atoms with E-state index in [2.05, 4.69) is 22.4 Å². The zero-order chi connectivity index (χ0) is 11.5. The van der Waals surface area contributed by atoms with Gasteiger partial charge in [0.1, 0.15) is 5.69 Å². The summed E-state index contributed by atoms with van der Waals surface area (Å²) in [5, 5.41) is 9.64. The monoisotopic (exact) mass is 209 g/mol. The number of amides is 1. The molecule has 0 aromatic carbocycles. The Bertz CT molecular complexity index is 341. The number of carbonyl (C=O) groups is 1. The number of rotatable bonds is 4. The van der Waals surface area contributed by atoms with E-state index in [1.54, 1.807) is 6.07 Å². The Kier molecular flexibility index (Phi) is 3.50. The van der Waals surface area contributed by atoms with Crippen molar-refractivity contribution in [3.8, 4) is 0 Å². The van der Waals surface area contributed by atoms with Gasteiger partial charge in [0.05, 0.1) is 0 Å². The third-order valence-electron chi connectivity index (χ3n) is 2.27. The first-order valence-electron chi connectivity index (χ1n) is 5.29. The molecular formula is C11H19N3O. The van der Waals surface area contributed by atoms with Crippen molar-refractivity contribution >= 4 is 5.91 Å². The molecule has 1 aromatic heterocycles. The van der Waals surface area contributed by atoms with Crippen molar-refractivity contribution in [2.24, 2.45) is 0 Å². The van der Waals surface area contributed by atoms with Crippen molar-refractivity contribution in [3.05, 3.63) is 17.5 Å². The zero-order valence-electron chi connectivity index (χ0n) is 9.85. The number of H-pyrrole nitrogens is 1. The Balaban J connectivity index is 2.63. The van der Waals surface area contributed by atoms with E-state index in [4.69, 9.17) is 0 Å². The van der Waals surface area contributed by atoms with Gasteiger partial charge in [-0.05, 0) is 33.3 Å². The molecule has 0 aliphatic rings. The van der Waals surface area contributed by atoms with E-state index in [-0.39, 0.29) is 11.4 Å². The Hall–Kier alpha value is -1.32. The number of aromatic nitrogens is 2. The third kappa shape index (κ3) is 3.38. The summed E-state index contributed by atoms with van der Waals surface area (Å²) in [6.07, 6.45) is 2.01. The maximum absolute atomic E-state index is 11.8. The summed E-state index contributed by atoms with van der Waals surface area (Å²) in [6.45, 7) is 8.02. The van der Waals surface area contributed by atoms with Crippen molar-refractivity contribution in [2.45, 2.75) is 46.1 Å². The van der Waals surface area contributed by atoms with Crippen LogP contribution in [-0.4, -0.2) is 21.6 Å². The van der Waals surface area contributed by atoms with E-state index in [0.29, 0.717) is 5.69 Å². The molecule has 4 nitrogen and oxygen atoms in total. The van der Waals surface area contributed by atoms with Crippen LogP contribution < -0.4 is 5.32 Å². The van der Waals surface area contributed by atoms with Gasteiger partial charge in [-0.25, -0.2) is 0 Å². The number of nitrogens with zero attached hydrogens (tertiary/aromatic N) is 1. The number of nitrogens with one attached hydrogen (secondary N) is 2. The Labute approximate surface area is 90.5 Å². The fraction of sp³-hybridized carbons (Fsp3) is 0.636. The van der Waals surface area contributed by atoms with Crippen molar-refractivity contribution in [1.29, 1.82) is 0 Å². The lowest BCUT2D eigenvalue weighted by atomic mass is 9.99. The van der Waals surface area contributed by atoms with Gasteiger partial charge < -0.3 is 5.32 Å². The summed E-state index contributed by atoms with van der Waals surface area (Å²) >= 11 is 0. The number of carbonyl (C=O) groups excluding carboxylic acids is 1. The average Bonchev–Trinajstić information content (AvgIpc) is 2.50. The molecular weight excluding hydrogens is 190 g/mol. The van der Waals surface area contributed by atoms with Gasteiger partial charge in [0.15, 0.2) is 0 Å². The topological polar surface area (TPSA) is 57.8 Å². The average molecular weight is 209 g/mol. The smallest absolute Gasteiger partial charge is 0.272 e. The largest absolute Gasteiger partial charge is 0.346 e. The van der Waals surface area contributed by atoms with Crippen molar-refractivity contribution in [1.82, 2.24) is 15.5 Å². The van der Waals surface area contributed by atoms with Crippen LogP contribution in [0.15, 0.2) is 6.07 Å². The predicted octanol–water partition coefficient (Wildman–Crippen LogP) is 2.03. The number of aromatic amines is 1. The molecule has 0 saturated heterocycles. The van der Waals surface area contributed by atoms with Crippen LogP contribution in [0.25, 0.3) is 0 Å². The zero-order valence-corrected chi connectivity index (χ0v) is 9.85. The number of hydrogen-bond donors (Lipinski definition) is 2. The van der Waals surface area contributed by atoms with Crippen LogP contribution >= 0.6 is 0 Å². The second-order valence-electron chi connectivity index (χ2n) is 4.52. The molecule has 1 aromatic rings. The molecule has 0 spiro atoms. The van der Waals surface area contributed by atoms with E-state index < -0.39 is 0 Å². The van der Waals surface area contributed by atoms with Crippen LogP contribution in [0.3, 0.4) is 0 Å². The summed E-state index contributed by atoms with van der Waals surface area (Å²) in [4.78, 5) is 11.8. The molecule has 1 heterocycles. The highest BCUT2D eigenvalue weighted by atomic mass is 16.2. The molecule has 1 rings (SSSR count). The van der Waals surface area contributed by atoms with Gasteiger partial charge in [-0.15, -0.1) is 0 Å². The van der Waals surface area contributed by atoms with Gasteiger partial charge in [-0.2, -0.15) is 5.10 Å². The molecule has 0 saturated carbocycles. The Morgan fingerprint density at radius 3 is 2.73 bits per heavy atom. The molecule has 84 valence electrons. The minimum absolute atomic E-state index is 0.113. The highest BCUT2D eigenvalue weighted by molar-refractivity contribution is 5.92. The van der Waals surface area contributed by atoms with Gasteiger partial charge in [0.25, 0.3) is 5.91 Å². The summed E-state index contributed by atoms with van der Waals surface area (Å²) < 4.78 is 0. The van der Waals surface area contributed by atoms with Gasteiger partial charge in [0, 0.05) is 11.2 Å². The lowest BCUT2D eigenvalue weighted by Crippen LogP contribution is -2.43. The lowest BCUT2D eigenvalue weighted by molar-refractivity contribution is 0.0904. The minimum atomic E-state index is -0.168. The molecule has 1 amide bonds. The van der Waals surface area contributed by atoms with Gasteiger partial charge >= 0.3 is 0 Å². The van der Waals surface area contributed by atoms with E-state index >= 15 is 0 Å². The fourth-order valence-electron chi connectivity index (χ4n) is 1.59. The second kappa shape index (κ2) is 4.47. The summed E-state index contributed by atoms with van der Waals surface area (Å²) in [5.41, 5.74) is 1.18. The van der Waals surface area contributed by atoms with Crippen LogP contribution in [0, 0.1) is 6.92 Å². The van der Waals surface area contributed by atoms with Gasteiger partial charge in [-0.3, -0.25) is 9.89 Å². The lowest BCUT2D eigenvalue weighted by Gasteiger charge is -2.25. The van der Waals surface area contributed by atoms with E-state index in [1.165, 1.54) is 0 Å². The van der Waals surface area contributed by atoms with Crippen LogP contribution in [0.1, 0.15) is 49.8 Å². The van der Waals surface area contributed by atoms with Crippen LogP contribution in [0.2, 0.25) is 0 Å². The summed E-state index contributed by atoms with van der Waals surface area (Å²) in [6, 6.07) is 1.75. The highest BCUT2D eigenvalue weighted by Gasteiger charge is 2.21. The predicted molar refractivity (Wildman–Crippen MR) is 59.8 cm³/mol. The van der Waals surface area contributed by atoms with E-state index in [9.17, 15) is 4.79 Å². The van der Waals surface area contributed by atoms with Crippen molar-refractivity contribution in [3.63, 3.8) is 0 Å². The molecule has 0 unspecified atom stereocenters. The first kappa shape index (κ1) is 11.8. The summed E-state index contributed by atoms with van der Waals surface area (Å²) in [5.74, 6) is -0.113. The van der Waals surface area contributed by atoms with Crippen molar-refractivity contribution < 1.29 is 4.79 Å². The standard InChI is InChI=1S/C11H19N3O/c1-5-6-11(3,4)12-10(15)9-7-8(2)13-14-9/h7H,5-6H2,1-4H3,(H,12,15)(H,13,14). The molecule has 2 N–H and O–H groups in total. The molecule has 0 bridgehead atoms. The second-order valence-corrected chi connectivity index (χ2v) is 4.52. The quantitative estimate of drug-likeness (QED) is 0.797. The SMILES string of the molecule is CCCC(C)(C)NC(=O)c1cc(C)[nH]n1. The molecule has 0 aliphatic carbocycles. The number of hydrogen-bond acceptors (Lipinski definition) is 2. The maximum atomic E-state index is 11.8. The minimum Gasteiger partial charge on any atom is -0.346 e. The van der Waals surface area contributed by atoms with Gasteiger partial charge in [0.2, 0.25) is 0 Å². The highest BCUT2D eigenvalue weighted by Crippen LogP contribution is 2.11. The molecule has 4 heteroatoms. The first-order chi connectivity index (χ1) is 6.94. The van der Waals surface area contributed by atoms with E-state index in [0.717, 1.165) is 18.5 Å². The van der Waals surface area contributed by atoms with Crippen LogP contribution in [0.4, 0.5) is 0 Å². The maximum Gasteiger partial charge on any atom is 0.272 e. The van der Waals surface area contributed by atoms with Crippen LogP contribution in [-0.2, 0) is 0 Å². The van der Waals surface area contributed by atoms with Crippen LogP contribution in [0.5, 0.6) is 0 Å². The molecule has 15 heavy (non-hydrogen) atoms. The molecule has 0 aliphatic heterocycles. The van der Waals surface area contributed by atoms with Crippen molar-refractivity contribution in [2.75, 3.05) is 0 Å². The molecule has 0 atom stereocenters. The fourth-order valence-corrected chi connectivity index (χ4v) is 1.59. The Morgan fingerprint density at radius 2 is 2.27 bits per heavy atom. The van der Waals surface area contributed by atoms with Gasteiger partial charge in [-0.1, -0.05) is 13.3 Å². The Morgan fingerprint density at radius 1 is 1.60 bits per heavy atom. The molecule has 0 radical (unpaired) electrons. The van der Waals surface area contributed by atoms with E-state index in [1.807, 2.05) is 20.8 Å². The first-order valence-corrected chi connectivity index (χ1v) is 5.29. The third-order valence-corrected chi connectivity index (χ3v) is 2.27. The molecule has 0 fully saturated rings. The summed E-state index contributed by atoms with van der Waals surface area (Å²) in [7, 11) is 0.